The van der Waals surface area contributed by atoms with Crippen molar-refractivity contribution in [1.29, 1.82) is 0 Å². The zero-order chi connectivity index (χ0) is 20.3. The number of methoxy groups -OCH3 is 1. The largest absolute Gasteiger partial charge is 0.383 e. The van der Waals surface area contributed by atoms with Crippen LogP contribution in [0, 0.1) is 0 Å². The summed E-state index contributed by atoms with van der Waals surface area (Å²) in [5, 5.41) is 3.38. The van der Waals surface area contributed by atoms with E-state index in [0.29, 0.717) is 18.7 Å². The van der Waals surface area contributed by atoms with Crippen molar-refractivity contribution in [2.75, 3.05) is 20.3 Å². The number of hydrogen-bond acceptors (Lipinski definition) is 3. The van der Waals surface area contributed by atoms with E-state index in [1.165, 1.54) is 25.7 Å². The van der Waals surface area contributed by atoms with Crippen LogP contribution in [-0.4, -0.2) is 48.6 Å². The van der Waals surface area contributed by atoms with E-state index in [1.807, 2.05) is 29.2 Å². The molecule has 5 heteroatoms. The van der Waals surface area contributed by atoms with Gasteiger partial charge in [-0.3, -0.25) is 9.59 Å². The molecule has 1 heterocycles. The highest BCUT2D eigenvalue weighted by atomic mass is 16.5. The molecule has 4 rings (SSSR count). The molecular weight excluding hydrogens is 364 g/mol. The monoisotopic (exact) mass is 398 g/mol. The minimum Gasteiger partial charge on any atom is -0.383 e. The van der Waals surface area contributed by atoms with Crippen LogP contribution in [0.5, 0.6) is 0 Å². The van der Waals surface area contributed by atoms with Crippen LogP contribution >= 0.6 is 0 Å². The van der Waals surface area contributed by atoms with Crippen molar-refractivity contribution in [1.82, 2.24) is 10.2 Å². The maximum Gasteiger partial charge on any atom is 0.254 e. The quantitative estimate of drug-likeness (QED) is 0.815. The Hall–Kier alpha value is -1.88. The first-order valence-electron chi connectivity index (χ1n) is 11.4. The van der Waals surface area contributed by atoms with Gasteiger partial charge in [0.2, 0.25) is 5.91 Å². The van der Waals surface area contributed by atoms with Gasteiger partial charge in [0.1, 0.15) is 0 Å². The normalized spacial score (nSPS) is 24.4. The molecule has 3 aliphatic rings. The average Bonchev–Trinajstić information content (AvgIpc) is 2.75. The molecule has 29 heavy (non-hydrogen) atoms. The van der Waals surface area contributed by atoms with Crippen LogP contribution in [0.25, 0.3) is 0 Å². The summed E-state index contributed by atoms with van der Waals surface area (Å²) in [7, 11) is 1.67. The Kier molecular flexibility index (Phi) is 6.23. The topological polar surface area (TPSA) is 58.6 Å². The maximum atomic E-state index is 13.7. The van der Waals surface area contributed by atoms with Crippen LogP contribution in [0.2, 0.25) is 0 Å². The predicted octanol–water partition coefficient (Wildman–Crippen LogP) is 4.02. The van der Waals surface area contributed by atoms with Crippen molar-refractivity contribution in [3.63, 3.8) is 0 Å². The van der Waals surface area contributed by atoms with E-state index in [-0.39, 0.29) is 23.8 Å². The number of rotatable bonds is 5. The predicted molar refractivity (Wildman–Crippen MR) is 113 cm³/mol. The van der Waals surface area contributed by atoms with E-state index >= 15 is 0 Å². The van der Waals surface area contributed by atoms with Gasteiger partial charge < -0.3 is 15.0 Å². The lowest BCUT2D eigenvalue weighted by molar-refractivity contribution is -0.128. The smallest absolute Gasteiger partial charge is 0.254 e. The van der Waals surface area contributed by atoms with E-state index in [4.69, 9.17) is 4.74 Å². The van der Waals surface area contributed by atoms with Crippen molar-refractivity contribution in [2.45, 2.75) is 81.7 Å². The molecule has 1 aliphatic heterocycles. The summed E-state index contributed by atoms with van der Waals surface area (Å²) in [5.74, 6) is -0.127. The summed E-state index contributed by atoms with van der Waals surface area (Å²) in [5.41, 5.74) is 1.17. The van der Waals surface area contributed by atoms with Crippen molar-refractivity contribution < 1.29 is 14.3 Å². The first kappa shape index (κ1) is 20.4. The van der Waals surface area contributed by atoms with Crippen molar-refractivity contribution >= 4 is 11.8 Å². The van der Waals surface area contributed by atoms with E-state index in [9.17, 15) is 9.59 Å². The molecule has 1 N–H and O–H groups in total. The van der Waals surface area contributed by atoms with Gasteiger partial charge in [-0.1, -0.05) is 56.7 Å². The summed E-state index contributed by atoms with van der Waals surface area (Å²) in [6, 6.07) is 8.03. The number of ether oxygens (including phenoxy) is 1. The summed E-state index contributed by atoms with van der Waals surface area (Å²) >= 11 is 0. The fraction of sp³-hybridized carbons (Fsp3) is 0.667. The molecule has 1 aromatic rings. The number of benzene rings is 1. The van der Waals surface area contributed by atoms with Crippen molar-refractivity contribution in [3.05, 3.63) is 35.4 Å². The van der Waals surface area contributed by atoms with Crippen LogP contribution < -0.4 is 5.32 Å². The fourth-order valence-electron chi connectivity index (χ4n) is 5.88. The number of hydrogen-bond donors (Lipinski definition) is 1. The summed E-state index contributed by atoms with van der Waals surface area (Å²) in [4.78, 5) is 29.2. The lowest BCUT2D eigenvalue weighted by Crippen LogP contribution is -2.63. The SMILES string of the molecule is COCCN1C(=O)c2ccccc2[C@@H](C(=O)NC2CCCCC2)C12CCCCC2. The highest BCUT2D eigenvalue weighted by Crippen LogP contribution is 2.49. The Balaban J connectivity index is 1.74. The molecule has 2 aliphatic carbocycles. The molecule has 0 unspecified atom stereocenters. The highest BCUT2D eigenvalue weighted by molar-refractivity contribution is 6.02. The molecule has 0 aromatic heterocycles. The summed E-state index contributed by atoms with van der Waals surface area (Å²) < 4.78 is 5.34. The van der Waals surface area contributed by atoms with Crippen LogP contribution in [0.15, 0.2) is 24.3 Å². The molecule has 0 bridgehead atoms. The Bertz CT molecular complexity index is 735. The second-order valence-electron chi connectivity index (χ2n) is 8.98. The number of fused-ring (bicyclic) bond motifs is 1. The number of carbonyl (C=O) groups excluding carboxylic acids is 2. The van der Waals surface area contributed by atoms with Crippen molar-refractivity contribution in [3.8, 4) is 0 Å². The van der Waals surface area contributed by atoms with Crippen LogP contribution in [-0.2, 0) is 9.53 Å². The van der Waals surface area contributed by atoms with Gasteiger partial charge in [0.15, 0.2) is 0 Å². The van der Waals surface area contributed by atoms with E-state index in [0.717, 1.165) is 44.1 Å². The molecule has 5 nitrogen and oxygen atoms in total. The van der Waals surface area contributed by atoms with Crippen molar-refractivity contribution in [2.24, 2.45) is 0 Å². The Morgan fingerprint density at radius 1 is 1.10 bits per heavy atom. The van der Waals surface area contributed by atoms with Gasteiger partial charge in [0, 0.05) is 25.3 Å². The number of nitrogens with one attached hydrogen (secondary N) is 1. The Labute approximate surface area is 174 Å². The van der Waals surface area contributed by atoms with E-state index in [1.54, 1.807) is 7.11 Å². The molecule has 2 saturated carbocycles. The third-order valence-electron chi connectivity index (χ3n) is 7.27. The standard InChI is InChI=1S/C24H34N2O3/c1-29-17-16-26-23(28)20-13-7-6-12-19(20)21(24(26)14-8-3-9-15-24)22(27)25-18-10-4-2-5-11-18/h6-7,12-13,18,21H,2-5,8-11,14-17H2,1H3,(H,25,27)/t21-/m0/s1. The lowest BCUT2D eigenvalue weighted by atomic mass is 9.65. The minimum absolute atomic E-state index is 0.0567. The molecule has 1 aromatic carbocycles. The number of amides is 2. The average molecular weight is 399 g/mol. The minimum atomic E-state index is -0.430. The zero-order valence-electron chi connectivity index (χ0n) is 17.6. The van der Waals surface area contributed by atoms with Crippen LogP contribution in [0.3, 0.4) is 0 Å². The third-order valence-corrected chi connectivity index (χ3v) is 7.27. The Morgan fingerprint density at radius 2 is 1.79 bits per heavy atom. The van der Waals surface area contributed by atoms with Gasteiger partial charge in [0.25, 0.3) is 5.91 Å². The van der Waals surface area contributed by atoms with Gasteiger partial charge in [-0.2, -0.15) is 0 Å². The van der Waals surface area contributed by atoms with E-state index < -0.39 is 5.54 Å². The third kappa shape index (κ3) is 3.81. The molecule has 1 spiro atoms. The first-order valence-corrected chi connectivity index (χ1v) is 11.4. The van der Waals surface area contributed by atoms with Gasteiger partial charge in [-0.25, -0.2) is 0 Å². The van der Waals surface area contributed by atoms with E-state index in [2.05, 4.69) is 5.32 Å². The van der Waals surface area contributed by atoms with Gasteiger partial charge in [-0.05, 0) is 37.3 Å². The molecule has 158 valence electrons. The molecule has 2 amide bonds. The first-order chi connectivity index (χ1) is 14.2. The maximum absolute atomic E-state index is 13.7. The molecule has 1 atom stereocenters. The number of nitrogens with zero attached hydrogens (tertiary/aromatic N) is 1. The van der Waals surface area contributed by atoms with Crippen LogP contribution in [0.4, 0.5) is 0 Å². The van der Waals surface area contributed by atoms with Crippen LogP contribution in [0.1, 0.15) is 86.0 Å². The lowest BCUT2D eigenvalue weighted by Gasteiger charge is -2.54. The fourth-order valence-corrected chi connectivity index (χ4v) is 5.88. The van der Waals surface area contributed by atoms with Gasteiger partial charge in [0.05, 0.1) is 18.1 Å². The highest BCUT2D eigenvalue weighted by Gasteiger charge is 2.54. The number of carbonyl (C=O) groups is 2. The van der Waals surface area contributed by atoms with Gasteiger partial charge in [-0.15, -0.1) is 0 Å². The summed E-state index contributed by atoms with van der Waals surface area (Å²) in [6.45, 7) is 1.03. The zero-order valence-corrected chi connectivity index (χ0v) is 17.6. The molecule has 0 radical (unpaired) electrons. The van der Waals surface area contributed by atoms with Gasteiger partial charge >= 0.3 is 0 Å². The second-order valence-corrected chi connectivity index (χ2v) is 8.98. The molecular formula is C24H34N2O3. The molecule has 0 saturated heterocycles. The second kappa shape index (κ2) is 8.86. The Morgan fingerprint density at radius 3 is 2.52 bits per heavy atom. The molecule has 2 fully saturated rings. The summed E-state index contributed by atoms with van der Waals surface area (Å²) in [6.07, 6.45) is 10.9.